The average Bonchev–Trinajstić information content (AvgIpc) is 2.93. The summed E-state index contributed by atoms with van der Waals surface area (Å²) in [7, 11) is -2.14. The Bertz CT molecular complexity index is 724. The second-order valence-electron chi connectivity index (χ2n) is 4.45. The molecule has 1 aromatic heterocycles. The molecule has 5 nitrogen and oxygen atoms in total. The van der Waals surface area contributed by atoms with E-state index in [0.717, 1.165) is 16.9 Å². The van der Waals surface area contributed by atoms with E-state index in [0.29, 0.717) is 11.4 Å². The summed E-state index contributed by atoms with van der Waals surface area (Å²) in [6.45, 7) is 2.33. The van der Waals surface area contributed by atoms with Crippen molar-refractivity contribution in [2.24, 2.45) is 0 Å². The van der Waals surface area contributed by atoms with Crippen molar-refractivity contribution in [3.63, 3.8) is 0 Å². The molecule has 0 unspecified atom stereocenters. The van der Waals surface area contributed by atoms with Crippen molar-refractivity contribution in [1.29, 1.82) is 0 Å². The number of hydrogen-bond acceptors (Lipinski definition) is 5. The van der Waals surface area contributed by atoms with E-state index in [1.165, 1.54) is 25.3 Å². The van der Waals surface area contributed by atoms with Crippen molar-refractivity contribution < 1.29 is 13.2 Å². The van der Waals surface area contributed by atoms with Crippen LogP contribution in [-0.4, -0.2) is 15.5 Å². The predicted octanol–water partition coefficient (Wildman–Crippen LogP) is 2.38. The Labute approximate surface area is 128 Å². The van der Waals surface area contributed by atoms with Crippen LogP contribution in [-0.2, 0) is 23.0 Å². The van der Waals surface area contributed by atoms with Gasteiger partial charge >= 0.3 is 0 Å². The minimum Gasteiger partial charge on any atom is -0.495 e. The van der Waals surface area contributed by atoms with Crippen molar-refractivity contribution in [3.05, 3.63) is 40.1 Å². The normalized spacial score (nSPS) is 11.5. The van der Waals surface area contributed by atoms with E-state index in [9.17, 15) is 8.42 Å². The van der Waals surface area contributed by atoms with Gasteiger partial charge in [0, 0.05) is 17.5 Å². The molecule has 21 heavy (non-hydrogen) atoms. The fourth-order valence-electron chi connectivity index (χ4n) is 1.94. The van der Waals surface area contributed by atoms with Crippen molar-refractivity contribution in [2.45, 2.75) is 24.8 Å². The van der Waals surface area contributed by atoms with Gasteiger partial charge in [0.25, 0.3) is 0 Å². The van der Waals surface area contributed by atoms with Gasteiger partial charge in [-0.1, -0.05) is 6.92 Å². The van der Waals surface area contributed by atoms with E-state index in [2.05, 4.69) is 4.72 Å². The third-order valence-electron chi connectivity index (χ3n) is 3.16. The highest BCUT2D eigenvalue weighted by Gasteiger charge is 2.16. The van der Waals surface area contributed by atoms with Crippen molar-refractivity contribution >= 4 is 27.0 Å². The van der Waals surface area contributed by atoms with Crippen LogP contribution in [0.4, 0.5) is 5.69 Å². The molecule has 0 atom stereocenters. The lowest BCUT2D eigenvalue weighted by molar-refractivity contribution is 0.415. The third-order valence-corrected chi connectivity index (χ3v) is 5.52. The first-order chi connectivity index (χ1) is 9.97. The van der Waals surface area contributed by atoms with Gasteiger partial charge in [0.1, 0.15) is 5.75 Å². The number of ether oxygens (including phenoxy) is 1. The summed E-state index contributed by atoms with van der Waals surface area (Å²) in [5.74, 6) is 0.350. The van der Waals surface area contributed by atoms with Crippen LogP contribution in [0.5, 0.6) is 5.75 Å². The highest BCUT2D eigenvalue weighted by molar-refractivity contribution is 7.89. The lowest BCUT2D eigenvalue weighted by Gasteiger charge is -2.10. The van der Waals surface area contributed by atoms with E-state index in [1.807, 2.05) is 18.4 Å². The number of hydrogen-bond donors (Lipinski definition) is 2. The number of sulfonamides is 1. The summed E-state index contributed by atoms with van der Waals surface area (Å²) >= 11 is 1.55. The minimum atomic E-state index is -3.59. The molecule has 0 saturated heterocycles. The van der Waals surface area contributed by atoms with Crippen molar-refractivity contribution in [3.8, 4) is 5.75 Å². The number of nitrogens with one attached hydrogen (secondary N) is 1. The molecule has 2 aromatic rings. The second kappa shape index (κ2) is 6.46. The largest absolute Gasteiger partial charge is 0.495 e. The SMILES string of the molecule is CCc1ccsc1CNS(=O)(=O)c1ccc(N)c(OC)c1. The van der Waals surface area contributed by atoms with Crippen LogP contribution in [0.2, 0.25) is 0 Å². The van der Waals surface area contributed by atoms with E-state index in [-0.39, 0.29) is 11.4 Å². The fraction of sp³-hybridized carbons (Fsp3) is 0.286. The number of rotatable bonds is 6. The zero-order valence-corrected chi connectivity index (χ0v) is 13.6. The number of thiophene rings is 1. The predicted molar refractivity (Wildman–Crippen MR) is 85.1 cm³/mol. The molecule has 3 N–H and O–H groups in total. The average molecular weight is 326 g/mol. The molecule has 0 saturated carbocycles. The first kappa shape index (κ1) is 15.8. The van der Waals surface area contributed by atoms with Gasteiger partial charge < -0.3 is 10.5 Å². The Morgan fingerprint density at radius 1 is 1.33 bits per heavy atom. The molecule has 0 spiro atoms. The number of aryl methyl sites for hydroxylation is 1. The maximum Gasteiger partial charge on any atom is 0.241 e. The maximum absolute atomic E-state index is 12.3. The van der Waals surface area contributed by atoms with Gasteiger partial charge in [0.05, 0.1) is 17.7 Å². The minimum absolute atomic E-state index is 0.142. The zero-order chi connectivity index (χ0) is 15.5. The Balaban J connectivity index is 2.19. The molecule has 7 heteroatoms. The number of anilines is 1. The van der Waals surface area contributed by atoms with Crippen LogP contribution >= 0.6 is 11.3 Å². The number of methoxy groups -OCH3 is 1. The fourth-order valence-corrected chi connectivity index (χ4v) is 3.96. The van der Waals surface area contributed by atoms with Crippen molar-refractivity contribution in [2.75, 3.05) is 12.8 Å². The molecule has 0 fully saturated rings. The molecular weight excluding hydrogens is 308 g/mol. The molecule has 1 heterocycles. The van der Waals surface area contributed by atoms with Crippen LogP contribution in [0.3, 0.4) is 0 Å². The van der Waals surface area contributed by atoms with E-state index >= 15 is 0 Å². The van der Waals surface area contributed by atoms with Crippen LogP contribution in [0.1, 0.15) is 17.4 Å². The summed E-state index contributed by atoms with van der Waals surface area (Å²) in [4.78, 5) is 1.17. The van der Waals surface area contributed by atoms with Gasteiger partial charge in [-0.3, -0.25) is 0 Å². The molecule has 0 radical (unpaired) electrons. The summed E-state index contributed by atoms with van der Waals surface area (Å²) in [6.07, 6.45) is 0.885. The zero-order valence-electron chi connectivity index (χ0n) is 11.9. The molecule has 0 amide bonds. The number of nitrogen functional groups attached to an aromatic ring is 1. The highest BCUT2D eigenvalue weighted by Crippen LogP contribution is 2.25. The van der Waals surface area contributed by atoms with Gasteiger partial charge in [-0.2, -0.15) is 0 Å². The topological polar surface area (TPSA) is 81.4 Å². The monoisotopic (exact) mass is 326 g/mol. The Hall–Kier alpha value is -1.57. The smallest absolute Gasteiger partial charge is 0.241 e. The van der Waals surface area contributed by atoms with Gasteiger partial charge in [0.15, 0.2) is 0 Å². The lowest BCUT2D eigenvalue weighted by Crippen LogP contribution is -2.23. The summed E-state index contributed by atoms with van der Waals surface area (Å²) in [5.41, 5.74) is 7.26. The first-order valence-corrected chi connectivity index (χ1v) is 8.82. The van der Waals surface area contributed by atoms with Gasteiger partial charge in [-0.25, -0.2) is 13.1 Å². The third kappa shape index (κ3) is 3.55. The molecule has 0 aliphatic heterocycles. The maximum atomic E-state index is 12.3. The lowest BCUT2D eigenvalue weighted by atomic mass is 10.2. The standard InChI is InChI=1S/C14H18N2O3S2/c1-3-10-6-7-20-14(10)9-16-21(17,18)11-4-5-12(15)13(8-11)19-2/h4-8,16H,3,9,15H2,1-2H3. The molecular formula is C14H18N2O3S2. The van der Waals surface area contributed by atoms with Crippen LogP contribution in [0, 0.1) is 0 Å². The Morgan fingerprint density at radius 3 is 2.76 bits per heavy atom. The van der Waals surface area contributed by atoms with Gasteiger partial charge in [-0.15, -0.1) is 11.3 Å². The summed E-state index contributed by atoms with van der Waals surface area (Å²) < 4.78 is 32.3. The quantitative estimate of drug-likeness (QED) is 0.799. The molecule has 1 aromatic carbocycles. The van der Waals surface area contributed by atoms with Crippen LogP contribution in [0.15, 0.2) is 34.5 Å². The van der Waals surface area contributed by atoms with Crippen LogP contribution in [0.25, 0.3) is 0 Å². The molecule has 2 rings (SSSR count). The van der Waals surface area contributed by atoms with Gasteiger partial charge in [0.2, 0.25) is 10.0 Å². The number of benzene rings is 1. The Morgan fingerprint density at radius 2 is 2.10 bits per heavy atom. The second-order valence-corrected chi connectivity index (χ2v) is 7.22. The van der Waals surface area contributed by atoms with E-state index < -0.39 is 10.0 Å². The summed E-state index contributed by atoms with van der Waals surface area (Å²) in [5, 5.41) is 1.97. The van der Waals surface area contributed by atoms with Crippen LogP contribution < -0.4 is 15.2 Å². The van der Waals surface area contributed by atoms with E-state index in [4.69, 9.17) is 10.5 Å². The van der Waals surface area contributed by atoms with E-state index in [1.54, 1.807) is 11.3 Å². The van der Waals surface area contributed by atoms with Gasteiger partial charge in [-0.05, 0) is 35.6 Å². The highest BCUT2D eigenvalue weighted by atomic mass is 32.2. The summed E-state index contributed by atoms with van der Waals surface area (Å²) in [6, 6.07) is 6.43. The van der Waals surface area contributed by atoms with Crippen molar-refractivity contribution in [1.82, 2.24) is 4.72 Å². The Kier molecular flexibility index (Phi) is 4.87. The molecule has 114 valence electrons. The molecule has 0 aliphatic carbocycles. The first-order valence-electron chi connectivity index (χ1n) is 6.46. The number of nitrogens with two attached hydrogens (primary N) is 1. The molecule has 0 bridgehead atoms. The molecule has 0 aliphatic rings.